The maximum absolute atomic E-state index is 10.8. The van der Waals surface area contributed by atoms with Crippen molar-refractivity contribution >= 4 is 17.1 Å². The summed E-state index contributed by atoms with van der Waals surface area (Å²) in [6.07, 6.45) is 1.68. The number of rotatable bonds is 8. The highest BCUT2D eigenvalue weighted by Crippen LogP contribution is 2.31. The van der Waals surface area contributed by atoms with E-state index in [1.807, 2.05) is 60.7 Å². The maximum atomic E-state index is 10.8. The van der Waals surface area contributed by atoms with Crippen molar-refractivity contribution in [1.29, 1.82) is 0 Å². The predicted molar refractivity (Wildman–Crippen MR) is 127 cm³/mol. The molecular weight excluding hydrogens is 402 g/mol. The number of hydrogen-bond donors (Lipinski definition) is 3. The zero-order valence-electron chi connectivity index (χ0n) is 17.9. The van der Waals surface area contributed by atoms with Crippen molar-refractivity contribution in [3.05, 3.63) is 102 Å². The van der Waals surface area contributed by atoms with Crippen LogP contribution < -0.4 is 15.8 Å². The summed E-state index contributed by atoms with van der Waals surface area (Å²) < 4.78 is 5.96. The molecule has 1 unspecified atom stereocenters. The highest BCUT2D eigenvalue weighted by atomic mass is 16.5. The third kappa shape index (κ3) is 5.76. The Kier molecular flexibility index (Phi) is 8.45. The molecule has 0 spiro atoms. The first-order valence-corrected chi connectivity index (χ1v) is 10.4. The van der Waals surface area contributed by atoms with Gasteiger partial charge in [0.15, 0.2) is 6.29 Å². The molecule has 6 heteroatoms. The van der Waals surface area contributed by atoms with Crippen LogP contribution in [-0.2, 0) is 6.54 Å². The van der Waals surface area contributed by atoms with Crippen molar-refractivity contribution in [2.45, 2.75) is 12.6 Å². The van der Waals surface area contributed by atoms with Gasteiger partial charge in [0.1, 0.15) is 5.75 Å². The van der Waals surface area contributed by atoms with Gasteiger partial charge < -0.3 is 20.9 Å². The van der Waals surface area contributed by atoms with Crippen molar-refractivity contribution in [2.24, 2.45) is 5.73 Å². The Hall–Kier alpha value is -3.58. The third-order valence-electron chi connectivity index (χ3n) is 4.92. The fourth-order valence-corrected chi connectivity index (χ4v) is 3.35. The van der Waals surface area contributed by atoms with E-state index in [-0.39, 0.29) is 0 Å². The van der Waals surface area contributed by atoms with Gasteiger partial charge in [0.25, 0.3) is 0 Å². The molecule has 1 heterocycles. The number of aromatic nitrogens is 1. The number of carbonyl (C=O) groups is 1. The summed E-state index contributed by atoms with van der Waals surface area (Å²) in [4.78, 5) is 15.0. The van der Waals surface area contributed by atoms with E-state index >= 15 is 0 Å². The SMILES string of the molecule is CN.O=Cc1ccc(Oc2ccc(CNCC(O)c3ccccc3)c3ccccc23)nc1. The summed E-state index contributed by atoms with van der Waals surface area (Å²) in [7, 11) is 1.50. The third-order valence-corrected chi connectivity index (χ3v) is 4.92. The van der Waals surface area contributed by atoms with Gasteiger partial charge in [-0.25, -0.2) is 4.98 Å². The number of aliphatic hydroxyl groups is 1. The van der Waals surface area contributed by atoms with Crippen LogP contribution in [0, 0.1) is 0 Å². The monoisotopic (exact) mass is 429 g/mol. The quantitative estimate of drug-likeness (QED) is 0.363. The number of ether oxygens (including phenoxy) is 1. The van der Waals surface area contributed by atoms with Crippen molar-refractivity contribution < 1.29 is 14.6 Å². The lowest BCUT2D eigenvalue weighted by molar-refractivity contribution is 0.112. The summed E-state index contributed by atoms with van der Waals surface area (Å²) in [5, 5.41) is 15.7. The topological polar surface area (TPSA) is 97.5 Å². The van der Waals surface area contributed by atoms with E-state index in [1.54, 1.807) is 12.1 Å². The molecule has 0 saturated carbocycles. The first kappa shape index (κ1) is 23.1. The van der Waals surface area contributed by atoms with Gasteiger partial charge in [-0.1, -0.05) is 60.7 Å². The van der Waals surface area contributed by atoms with Gasteiger partial charge in [-0.2, -0.15) is 0 Å². The summed E-state index contributed by atoms with van der Waals surface area (Å²) in [5.41, 5.74) is 7.01. The molecule has 0 fully saturated rings. The molecule has 0 amide bonds. The van der Waals surface area contributed by atoms with Crippen LogP contribution in [0.4, 0.5) is 0 Å². The lowest BCUT2D eigenvalue weighted by Gasteiger charge is -2.15. The van der Waals surface area contributed by atoms with Crippen LogP contribution in [-0.4, -0.2) is 30.0 Å². The van der Waals surface area contributed by atoms with Crippen LogP contribution in [0.1, 0.15) is 27.6 Å². The van der Waals surface area contributed by atoms with Crippen LogP contribution in [0.25, 0.3) is 10.8 Å². The van der Waals surface area contributed by atoms with Crippen molar-refractivity contribution in [1.82, 2.24) is 10.3 Å². The normalized spacial score (nSPS) is 11.3. The van der Waals surface area contributed by atoms with Crippen LogP contribution in [0.2, 0.25) is 0 Å². The second-order valence-electron chi connectivity index (χ2n) is 6.98. The van der Waals surface area contributed by atoms with Crippen molar-refractivity contribution in [3.8, 4) is 11.6 Å². The Morgan fingerprint density at radius 1 is 0.969 bits per heavy atom. The summed E-state index contributed by atoms with van der Waals surface area (Å²) >= 11 is 0. The molecule has 3 aromatic carbocycles. The first-order valence-electron chi connectivity index (χ1n) is 10.4. The van der Waals surface area contributed by atoms with Crippen LogP contribution in [0.15, 0.2) is 85.1 Å². The van der Waals surface area contributed by atoms with Gasteiger partial charge >= 0.3 is 0 Å². The number of hydrogen-bond acceptors (Lipinski definition) is 6. The van der Waals surface area contributed by atoms with Crippen molar-refractivity contribution in [3.63, 3.8) is 0 Å². The van der Waals surface area contributed by atoms with E-state index in [0.29, 0.717) is 30.3 Å². The van der Waals surface area contributed by atoms with Gasteiger partial charge in [-0.05, 0) is 35.7 Å². The maximum Gasteiger partial charge on any atom is 0.219 e. The first-order chi connectivity index (χ1) is 15.7. The smallest absolute Gasteiger partial charge is 0.219 e. The van der Waals surface area contributed by atoms with E-state index in [0.717, 1.165) is 28.2 Å². The Morgan fingerprint density at radius 2 is 1.69 bits per heavy atom. The Labute approximate surface area is 187 Å². The number of aliphatic hydroxyl groups excluding tert-OH is 1. The van der Waals surface area contributed by atoms with Gasteiger partial charge in [0.05, 0.1) is 6.10 Å². The van der Waals surface area contributed by atoms with Gasteiger partial charge in [-0.3, -0.25) is 4.79 Å². The highest BCUT2D eigenvalue weighted by molar-refractivity contribution is 5.91. The Bertz CT molecular complexity index is 1130. The highest BCUT2D eigenvalue weighted by Gasteiger charge is 2.10. The second-order valence-corrected chi connectivity index (χ2v) is 6.98. The van der Waals surface area contributed by atoms with Crippen LogP contribution in [0.5, 0.6) is 11.6 Å². The number of benzene rings is 3. The molecule has 0 aliphatic heterocycles. The summed E-state index contributed by atoms with van der Waals surface area (Å²) in [6.45, 7) is 1.08. The molecule has 4 aromatic rings. The number of fused-ring (bicyclic) bond motifs is 1. The van der Waals surface area contributed by atoms with E-state index in [4.69, 9.17) is 4.74 Å². The Morgan fingerprint density at radius 3 is 2.38 bits per heavy atom. The minimum absolute atomic E-state index is 0.433. The molecule has 1 atom stereocenters. The fourth-order valence-electron chi connectivity index (χ4n) is 3.35. The van der Waals surface area contributed by atoms with E-state index in [9.17, 15) is 9.90 Å². The summed E-state index contributed by atoms with van der Waals surface area (Å²) in [6, 6.07) is 24.9. The van der Waals surface area contributed by atoms with Crippen molar-refractivity contribution in [2.75, 3.05) is 13.6 Å². The molecule has 32 heavy (non-hydrogen) atoms. The average molecular weight is 430 g/mol. The standard InChI is InChI=1S/C25H22N2O3.CH5N/c28-17-18-10-13-25(27-14-18)30-24-12-11-20(21-8-4-5-9-22(21)24)15-26-16-23(29)19-6-2-1-3-7-19;1-2/h1-14,17,23,26,29H,15-16H2;2H2,1H3. The molecular formula is C26H27N3O3. The average Bonchev–Trinajstić information content (AvgIpc) is 2.87. The van der Waals surface area contributed by atoms with Crippen LogP contribution >= 0.6 is 0 Å². The Balaban J connectivity index is 0.00000141. The van der Waals surface area contributed by atoms with E-state index < -0.39 is 6.10 Å². The van der Waals surface area contributed by atoms with Gasteiger partial charge in [0.2, 0.25) is 5.88 Å². The lowest BCUT2D eigenvalue weighted by Crippen LogP contribution is -2.21. The fraction of sp³-hybridized carbons (Fsp3) is 0.154. The van der Waals surface area contributed by atoms with Gasteiger partial charge in [-0.15, -0.1) is 0 Å². The number of nitrogens with one attached hydrogen (secondary N) is 1. The molecule has 6 nitrogen and oxygen atoms in total. The zero-order valence-corrected chi connectivity index (χ0v) is 17.9. The number of pyridine rings is 1. The minimum Gasteiger partial charge on any atom is -0.438 e. The number of nitrogens with two attached hydrogens (primary N) is 1. The van der Waals surface area contributed by atoms with E-state index in [1.165, 1.54) is 13.2 Å². The largest absolute Gasteiger partial charge is 0.438 e. The molecule has 1 aromatic heterocycles. The molecule has 0 saturated heterocycles. The number of carbonyl (C=O) groups excluding carboxylic acids is 1. The predicted octanol–water partition coefficient (Wildman–Crippen LogP) is 4.24. The number of aldehydes is 1. The summed E-state index contributed by atoms with van der Waals surface area (Å²) in [5.74, 6) is 1.13. The lowest BCUT2D eigenvalue weighted by atomic mass is 10.0. The minimum atomic E-state index is -0.555. The zero-order chi connectivity index (χ0) is 22.8. The van der Waals surface area contributed by atoms with E-state index in [2.05, 4.69) is 22.1 Å². The molecule has 4 rings (SSSR count). The molecule has 0 aliphatic carbocycles. The van der Waals surface area contributed by atoms with Crippen LogP contribution in [0.3, 0.4) is 0 Å². The second kappa shape index (κ2) is 11.7. The molecule has 0 radical (unpaired) electrons. The molecule has 4 N–H and O–H groups in total. The molecule has 0 aliphatic rings. The molecule has 164 valence electrons. The molecule has 0 bridgehead atoms. The van der Waals surface area contributed by atoms with Gasteiger partial charge in [0, 0.05) is 36.3 Å². The number of nitrogens with zero attached hydrogens (tertiary/aromatic N) is 1.